The van der Waals surface area contributed by atoms with E-state index in [0.717, 1.165) is 48.5 Å². The predicted octanol–water partition coefficient (Wildman–Crippen LogP) is 6.14. The summed E-state index contributed by atoms with van der Waals surface area (Å²) >= 11 is 3.48. The molecule has 0 bridgehead atoms. The van der Waals surface area contributed by atoms with Crippen LogP contribution in [0.1, 0.15) is 87.8 Å². The van der Waals surface area contributed by atoms with Crippen molar-refractivity contribution >= 4 is 66.1 Å². The number of amides is 3. The zero-order valence-electron chi connectivity index (χ0n) is 36.0. The predicted molar refractivity (Wildman–Crippen MR) is 241 cm³/mol. The van der Waals surface area contributed by atoms with E-state index in [9.17, 15) is 32.9 Å². The number of hydrogen-bond acceptors (Lipinski definition) is 11. The maximum absolute atomic E-state index is 15.3. The Labute approximate surface area is 383 Å². The van der Waals surface area contributed by atoms with Crippen molar-refractivity contribution in [2.24, 2.45) is 5.41 Å². The first-order valence-corrected chi connectivity index (χ1v) is 24.1. The van der Waals surface area contributed by atoms with Crippen molar-refractivity contribution in [3.8, 4) is 17.6 Å². The number of nitrogens with zero attached hydrogens (tertiary/aromatic N) is 6. The first-order chi connectivity index (χ1) is 31.1. The van der Waals surface area contributed by atoms with E-state index in [1.807, 2.05) is 11.0 Å². The summed E-state index contributed by atoms with van der Waals surface area (Å²) in [7, 11) is -2.68. The summed E-state index contributed by atoms with van der Waals surface area (Å²) in [5, 5.41) is 15.5. The zero-order valence-corrected chi connectivity index (χ0v) is 38.4. The number of carbonyl (C=O) groups excluding carboxylic acids is 3. The number of benzene rings is 3. The van der Waals surface area contributed by atoms with Gasteiger partial charge in [0.25, 0.3) is 5.56 Å². The minimum atomic E-state index is -4.04. The maximum Gasteiger partial charge on any atom is 0.301 e. The van der Waals surface area contributed by atoms with Crippen molar-refractivity contribution in [3.63, 3.8) is 0 Å². The van der Waals surface area contributed by atoms with Gasteiger partial charge in [-0.2, -0.15) is 18.0 Å². The first-order valence-electron chi connectivity index (χ1n) is 21.8. The molecule has 16 nitrogen and oxygen atoms in total. The highest BCUT2D eigenvalue weighted by Crippen LogP contribution is 2.50. The van der Waals surface area contributed by atoms with Crippen LogP contribution in [-0.2, 0) is 24.6 Å². The summed E-state index contributed by atoms with van der Waals surface area (Å²) < 4.78 is 67.1. The molecule has 3 saturated heterocycles. The van der Waals surface area contributed by atoms with E-state index in [2.05, 4.69) is 41.2 Å². The van der Waals surface area contributed by atoms with Crippen molar-refractivity contribution in [3.05, 3.63) is 86.4 Å². The lowest BCUT2D eigenvalue weighted by Crippen LogP contribution is -2.47. The Balaban J connectivity index is 0.862. The fraction of sp³-hybridized carbons (Fsp3) is 0.467. The Morgan fingerprint density at radius 1 is 1.03 bits per heavy atom. The second-order valence-electron chi connectivity index (χ2n) is 17.5. The van der Waals surface area contributed by atoms with Gasteiger partial charge in [0, 0.05) is 44.8 Å². The SMILES string of the molecule is CCN(C)S(=O)(=O)Nc1ccc(F)c(Oc2ccc3ncn([C@H]4CCC5(CCN(C(=O)CN6CCC(c7ccc(NC8CCC(=O)NC8=O)cc7F)CC6)CC5)C4)c(=O)c3c2Br)c1C#N. The van der Waals surface area contributed by atoms with Gasteiger partial charge in [0.05, 0.1) is 33.9 Å². The number of halogens is 3. The number of rotatable bonds is 12. The van der Waals surface area contributed by atoms with E-state index in [1.54, 1.807) is 36.0 Å². The molecule has 1 saturated carbocycles. The molecule has 20 heteroatoms. The molecule has 4 aromatic rings. The van der Waals surface area contributed by atoms with Gasteiger partial charge >= 0.3 is 10.2 Å². The van der Waals surface area contributed by atoms with Crippen molar-refractivity contribution in [1.29, 1.82) is 5.26 Å². The van der Waals surface area contributed by atoms with E-state index in [-0.39, 0.29) is 80.4 Å². The second kappa shape index (κ2) is 18.8. The van der Waals surface area contributed by atoms with Gasteiger partial charge in [-0.1, -0.05) is 13.0 Å². The molecule has 1 spiro atoms. The van der Waals surface area contributed by atoms with E-state index in [0.29, 0.717) is 68.8 Å². The Hall–Kier alpha value is -5.49. The fourth-order valence-corrected chi connectivity index (χ4v) is 11.2. The molecule has 4 aliphatic rings. The minimum absolute atomic E-state index is 0.00789. The molecule has 3 N–H and O–H groups in total. The summed E-state index contributed by atoms with van der Waals surface area (Å²) in [6, 6.07) is 11.2. The summed E-state index contributed by atoms with van der Waals surface area (Å²) in [6.07, 6.45) is 7.52. The van der Waals surface area contributed by atoms with Gasteiger partial charge in [0.15, 0.2) is 11.6 Å². The van der Waals surface area contributed by atoms with Crippen LogP contribution in [0.2, 0.25) is 0 Å². The molecule has 3 aromatic carbocycles. The summed E-state index contributed by atoms with van der Waals surface area (Å²) in [4.78, 5) is 60.0. The van der Waals surface area contributed by atoms with Gasteiger partial charge in [0.2, 0.25) is 17.7 Å². The van der Waals surface area contributed by atoms with Crippen molar-refractivity contribution in [2.45, 2.75) is 82.7 Å². The van der Waals surface area contributed by atoms with Crippen molar-refractivity contribution in [2.75, 3.05) is 56.4 Å². The lowest BCUT2D eigenvalue weighted by molar-refractivity contribution is -0.135. The lowest BCUT2D eigenvalue weighted by Gasteiger charge is -2.40. The largest absolute Gasteiger partial charge is 0.452 e. The molecule has 3 aliphatic heterocycles. The molecule has 1 aromatic heterocycles. The number of likely N-dealkylation sites (tertiary alicyclic amines) is 2. The smallest absolute Gasteiger partial charge is 0.301 e. The fourth-order valence-electron chi connectivity index (χ4n) is 9.63. The molecule has 4 heterocycles. The second-order valence-corrected chi connectivity index (χ2v) is 20.0. The van der Waals surface area contributed by atoms with Gasteiger partial charge < -0.3 is 15.0 Å². The number of aromatic nitrogens is 2. The van der Waals surface area contributed by atoms with Crippen molar-refractivity contribution < 1.29 is 36.3 Å². The normalized spacial score (nSPS) is 20.5. The monoisotopic (exact) mass is 977 g/mol. The van der Waals surface area contributed by atoms with Crippen LogP contribution in [-0.4, -0.2) is 102 Å². The maximum atomic E-state index is 15.3. The van der Waals surface area contributed by atoms with Crippen LogP contribution in [0.15, 0.2) is 58.1 Å². The van der Waals surface area contributed by atoms with E-state index in [1.165, 1.54) is 19.2 Å². The van der Waals surface area contributed by atoms with Gasteiger partial charge in [-0.05, 0) is 134 Å². The Kier molecular flexibility index (Phi) is 13.3. The van der Waals surface area contributed by atoms with E-state index >= 15 is 8.78 Å². The molecule has 4 fully saturated rings. The number of hydrogen-bond donors (Lipinski definition) is 3. The number of anilines is 2. The molecule has 0 radical (unpaired) electrons. The standard InChI is InChI=1S/C45H50BrF2N9O7S/c1-3-54(2)65(62,63)53-34-7-6-32(47)42(31(34)24-49)64-37-10-8-35-40(41(37)46)44(61)57(26-50-35)29-12-15-45(23-29)16-20-56(21-17-45)39(59)25-55-18-13-27(14-19-55)30-5-4-28(22-33(30)48)51-36-9-11-38(58)52-43(36)60/h4-8,10,22,26-27,29,36,51,53H,3,9,11-21,23,25H2,1-2H3,(H,52,58,60)/t29-,36?/m0/s1. The van der Waals surface area contributed by atoms with Crippen LogP contribution in [0.5, 0.6) is 11.5 Å². The molecular formula is C45H50BrF2N9O7S. The van der Waals surface area contributed by atoms with Crippen LogP contribution >= 0.6 is 15.9 Å². The zero-order chi connectivity index (χ0) is 46.2. The molecule has 344 valence electrons. The molecule has 65 heavy (non-hydrogen) atoms. The average Bonchev–Trinajstić information content (AvgIpc) is 3.69. The lowest BCUT2D eigenvalue weighted by atomic mass is 9.77. The van der Waals surface area contributed by atoms with Crippen LogP contribution in [0.3, 0.4) is 0 Å². The third-order valence-electron chi connectivity index (χ3n) is 13.6. The number of carbonyl (C=O) groups is 3. The Morgan fingerprint density at radius 3 is 2.48 bits per heavy atom. The number of ether oxygens (including phenoxy) is 1. The highest BCUT2D eigenvalue weighted by Gasteiger charge is 2.43. The Bertz CT molecular complexity index is 2750. The highest BCUT2D eigenvalue weighted by molar-refractivity contribution is 9.10. The topological polar surface area (TPSA) is 199 Å². The minimum Gasteiger partial charge on any atom is -0.452 e. The molecule has 1 aliphatic carbocycles. The van der Waals surface area contributed by atoms with E-state index < -0.39 is 33.7 Å². The Morgan fingerprint density at radius 2 is 1.78 bits per heavy atom. The number of imide groups is 1. The molecule has 8 rings (SSSR count). The number of nitriles is 1. The van der Waals surface area contributed by atoms with Gasteiger partial charge in [0.1, 0.15) is 29.2 Å². The highest BCUT2D eigenvalue weighted by atomic mass is 79.9. The third kappa shape index (κ3) is 9.60. The number of fused-ring (bicyclic) bond motifs is 1. The van der Waals surface area contributed by atoms with Crippen LogP contribution < -0.4 is 25.7 Å². The van der Waals surface area contributed by atoms with Crippen LogP contribution in [0.25, 0.3) is 10.9 Å². The average molecular weight is 979 g/mol. The van der Waals surface area contributed by atoms with Gasteiger partial charge in [-0.25, -0.2) is 13.8 Å². The summed E-state index contributed by atoms with van der Waals surface area (Å²) in [5.41, 5.74) is 0.563. The summed E-state index contributed by atoms with van der Waals surface area (Å²) in [5.74, 6) is -2.38. The molecule has 1 unspecified atom stereocenters. The molecular weight excluding hydrogens is 929 g/mol. The van der Waals surface area contributed by atoms with Gasteiger partial charge in [-0.15, -0.1) is 0 Å². The molecule has 2 atom stereocenters. The third-order valence-corrected chi connectivity index (χ3v) is 15.9. The quantitative estimate of drug-likeness (QED) is 0.138. The number of piperidine rings is 3. The van der Waals surface area contributed by atoms with E-state index in [4.69, 9.17) is 4.74 Å². The van der Waals surface area contributed by atoms with Gasteiger partial charge in [-0.3, -0.25) is 38.7 Å². The number of nitrogens with one attached hydrogen (secondary N) is 3. The molecule has 3 amide bonds. The van der Waals surface area contributed by atoms with Crippen LogP contribution in [0.4, 0.5) is 20.2 Å². The summed E-state index contributed by atoms with van der Waals surface area (Å²) in [6.45, 7) is 4.64. The van der Waals surface area contributed by atoms with Crippen molar-refractivity contribution in [1.82, 2.24) is 29.0 Å². The van der Waals surface area contributed by atoms with Crippen LogP contribution in [0, 0.1) is 28.4 Å². The first kappa shape index (κ1) is 46.1.